The number of hydrogen-bond acceptors (Lipinski definition) is 5. The molecule has 0 aliphatic rings. The summed E-state index contributed by atoms with van der Waals surface area (Å²) in [7, 11) is 0. The molecule has 0 aliphatic carbocycles. The number of carbonyl (C=O) groups excluding carboxylic acids is 1. The van der Waals surface area contributed by atoms with Crippen LogP contribution in [0.3, 0.4) is 0 Å². The van der Waals surface area contributed by atoms with Gasteiger partial charge in [-0.3, -0.25) is 4.79 Å². The maximum absolute atomic E-state index is 12.1. The predicted molar refractivity (Wildman–Crippen MR) is 76.7 cm³/mol. The van der Waals surface area contributed by atoms with Gasteiger partial charge in [-0.1, -0.05) is 6.92 Å². The molecule has 2 aromatic heterocycles. The number of aliphatic hydroxyl groups is 1. The second-order valence-electron chi connectivity index (χ2n) is 4.62. The second kappa shape index (κ2) is 6.67. The standard InChI is InChI=1S/C14H18N2O3S/c1-3-10-13(20-8-15-10)14(18)16-9(2)7-11(17)12-5-4-6-19-12/h4-6,8-9,11,17H,3,7H2,1-2H3,(H,16,18). The largest absolute Gasteiger partial charge is 0.467 e. The van der Waals surface area contributed by atoms with Gasteiger partial charge in [-0.25, -0.2) is 4.98 Å². The number of aryl methyl sites for hydroxylation is 1. The van der Waals surface area contributed by atoms with Gasteiger partial charge in [0.25, 0.3) is 5.91 Å². The SMILES string of the molecule is CCc1ncsc1C(=O)NC(C)CC(O)c1ccco1. The Hall–Kier alpha value is -1.66. The van der Waals surface area contributed by atoms with Crippen LogP contribution in [-0.2, 0) is 6.42 Å². The Morgan fingerprint density at radius 3 is 3.05 bits per heavy atom. The minimum atomic E-state index is -0.715. The molecule has 2 heterocycles. The second-order valence-corrected chi connectivity index (χ2v) is 5.48. The van der Waals surface area contributed by atoms with Crippen LogP contribution in [-0.4, -0.2) is 22.0 Å². The van der Waals surface area contributed by atoms with Crippen molar-refractivity contribution < 1.29 is 14.3 Å². The van der Waals surface area contributed by atoms with Gasteiger partial charge in [-0.2, -0.15) is 0 Å². The van der Waals surface area contributed by atoms with Crippen molar-refractivity contribution in [3.8, 4) is 0 Å². The van der Waals surface area contributed by atoms with Crippen molar-refractivity contribution in [2.75, 3.05) is 0 Å². The van der Waals surface area contributed by atoms with Crippen LogP contribution in [0.15, 0.2) is 28.3 Å². The van der Waals surface area contributed by atoms with Crippen molar-refractivity contribution in [3.63, 3.8) is 0 Å². The molecule has 2 rings (SSSR count). The third-order valence-electron chi connectivity index (χ3n) is 3.01. The van der Waals surface area contributed by atoms with Gasteiger partial charge < -0.3 is 14.8 Å². The summed E-state index contributed by atoms with van der Waals surface area (Å²) < 4.78 is 5.14. The van der Waals surface area contributed by atoms with Crippen molar-refractivity contribution in [2.45, 2.75) is 38.8 Å². The van der Waals surface area contributed by atoms with Crippen molar-refractivity contribution in [1.82, 2.24) is 10.3 Å². The molecule has 2 atom stereocenters. The molecule has 20 heavy (non-hydrogen) atoms. The first-order chi connectivity index (χ1) is 9.61. The first kappa shape index (κ1) is 14.7. The molecule has 2 N–H and O–H groups in total. The molecule has 0 radical (unpaired) electrons. The van der Waals surface area contributed by atoms with E-state index in [0.29, 0.717) is 17.1 Å². The fraction of sp³-hybridized carbons (Fsp3) is 0.429. The Morgan fingerprint density at radius 2 is 2.40 bits per heavy atom. The average Bonchev–Trinajstić information content (AvgIpc) is 3.09. The molecule has 6 heteroatoms. The summed E-state index contributed by atoms with van der Waals surface area (Å²) in [5.41, 5.74) is 2.49. The number of aliphatic hydroxyl groups excluding tert-OH is 1. The highest BCUT2D eigenvalue weighted by atomic mass is 32.1. The normalized spacial score (nSPS) is 13.9. The molecule has 2 aromatic rings. The van der Waals surface area contributed by atoms with E-state index in [1.807, 2.05) is 13.8 Å². The summed E-state index contributed by atoms with van der Waals surface area (Å²) in [6.07, 6.45) is 1.94. The molecule has 0 bridgehead atoms. The first-order valence-corrected chi connectivity index (χ1v) is 7.44. The van der Waals surface area contributed by atoms with E-state index in [-0.39, 0.29) is 11.9 Å². The zero-order chi connectivity index (χ0) is 14.5. The van der Waals surface area contributed by atoms with Crippen LogP contribution in [0.1, 0.15) is 47.5 Å². The zero-order valence-electron chi connectivity index (χ0n) is 11.5. The van der Waals surface area contributed by atoms with Crippen molar-refractivity contribution in [2.24, 2.45) is 0 Å². The maximum atomic E-state index is 12.1. The van der Waals surface area contributed by atoms with E-state index in [2.05, 4.69) is 10.3 Å². The molecule has 108 valence electrons. The minimum Gasteiger partial charge on any atom is -0.467 e. The number of hydrogen-bond donors (Lipinski definition) is 2. The molecular formula is C14H18N2O3S. The fourth-order valence-corrected chi connectivity index (χ4v) is 2.77. The van der Waals surface area contributed by atoms with Gasteiger partial charge >= 0.3 is 0 Å². The van der Waals surface area contributed by atoms with Crippen LogP contribution < -0.4 is 5.32 Å². The quantitative estimate of drug-likeness (QED) is 0.858. The predicted octanol–water partition coefficient (Wildman–Crippen LogP) is 2.54. The maximum Gasteiger partial charge on any atom is 0.263 e. The molecular weight excluding hydrogens is 276 g/mol. The number of amides is 1. The monoisotopic (exact) mass is 294 g/mol. The minimum absolute atomic E-state index is 0.136. The van der Waals surface area contributed by atoms with E-state index in [4.69, 9.17) is 4.42 Å². The summed E-state index contributed by atoms with van der Waals surface area (Å²) in [5.74, 6) is 0.377. The van der Waals surface area contributed by atoms with E-state index in [1.54, 1.807) is 17.6 Å². The summed E-state index contributed by atoms with van der Waals surface area (Å²) in [4.78, 5) is 16.9. The Labute approximate surface area is 121 Å². The third-order valence-corrected chi connectivity index (χ3v) is 3.88. The van der Waals surface area contributed by atoms with E-state index in [0.717, 1.165) is 12.1 Å². The van der Waals surface area contributed by atoms with Gasteiger partial charge in [-0.05, 0) is 25.5 Å². The molecule has 5 nitrogen and oxygen atoms in total. The molecule has 0 aliphatic heterocycles. The van der Waals surface area contributed by atoms with Crippen LogP contribution in [0.5, 0.6) is 0 Å². The van der Waals surface area contributed by atoms with E-state index >= 15 is 0 Å². The molecule has 0 saturated carbocycles. The molecule has 0 aromatic carbocycles. The Morgan fingerprint density at radius 1 is 1.60 bits per heavy atom. The fourth-order valence-electron chi connectivity index (χ4n) is 1.99. The van der Waals surface area contributed by atoms with Gasteiger partial charge in [0.1, 0.15) is 16.7 Å². The lowest BCUT2D eigenvalue weighted by Gasteiger charge is -2.16. The van der Waals surface area contributed by atoms with Crippen LogP contribution in [0.2, 0.25) is 0 Å². The highest BCUT2D eigenvalue weighted by Gasteiger charge is 2.19. The van der Waals surface area contributed by atoms with Crippen LogP contribution in [0.4, 0.5) is 0 Å². The Balaban J connectivity index is 1.91. The number of nitrogens with zero attached hydrogens (tertiary/aromatic N) is 1. The third kappa shape index (κ3) is 3.46. The van der Waals surface area contributed by atoms with E-state index in [9.17, 15) is 9.90 Å². The number of furan rings is 1. The van der Waals surface area contributed by atoms with Crippen molar-refractivity contribution >= 4 is 17.2 Å². The number of carbonyl (C=O) groups is 1. The van der Waals surface area contributed by atoms with Gasteiger partial charge in [0.2, 0.25) is 0 Å². The summed E-state index contributed by atoms with van der Waals surface area (Å²) >= 11 is 1.34. The lowest BCUT2D eigenvalue weighted by molar-refractivity contribution is 0.0906. The summed E-state index contributed by atoms with van der Waals surface area (Å²) in [6, 6.07) is 3.29. The van der Waals surface area contributed by atoms with Crippen molar-refractivity contribution in [1.29, 1.82) is 0 Å². The molecule has 1 amide bonds. The van der Waals surface area contributed by atoms with Crippen LogP contribution in [0.25, 0.3) is 0 Å². The number of rotatable bonds is 6. The highest BCUT2D eigenvalue weighted by Crippen LogP contribution is 2.19. The van der Waals surface area contributed by atoms with Crippen LogP contribution >= 0.6 is 11.3 Å². The topological polar surface area (TPSA) is 75.4 Å². The lowest BCUT2D eigenvalue weighted by atomic mass is 10.1. The van der Waals surface area contributed by atoms with Gasteiger partial charge in [0.05, 0.1) is 17.5 Å². The van der Waals surface area contributed by atoms with E-state index < -0.39 is 6.10 Å². The molecule has 2 unspecified atom stereocenters. The number of thiazole rings is 1. The lowest BCUT2D eigenvalue weighted by Crippen LogP contribution is -2.33. The highest BCUT2D eigenvalue weighted by molar-refractivity contribution is 7.11. The van der Waals surface area contributed by atoms with Crippen molar-refractivity contribution in [3.05, 3.63) is 40.2 Å². The van der Waals surface area contributed by atoms with Gasteiger partial charge in [0.15, 0.2) is 0 Å². The van der Waals surface area contributed by atoms with E-state index in [1.165, 1.54) is 17.6 Å². The van der Waals surface area contributed by atoms with Gasteiger partial charge in [-0.15, -0.1) is 11.3 Å². The summed E-state index contributed by atoms with van der Waals surface area (Å²) in [5, 5.41) is 12.8. The molecule has 0 saturated heterocycles. The Kier molecular flexibility index (Phi) is 4.92. The zero-order valence-corrected chi connectivity index (χ0v) is 12.3. The number of aromatic nitrogens is 1. The molecule has 0 spiro atoms. The summed E-state index contributed by atoms with van der Waals surface area (Å²) in [6.45, 7) is 3.83. The smallest absolute Gasteiger partial charge is 0.263 e. The Bertz CT molecular complexity index is 551. The first-order valence-electron chi connectivity index (χ1n) is 6.56. The van der Waals surface area contributed by atoms with Crippen LogP contribution in [0, 0.1) is 0 Å². The molecule has 0 fully saturated rings. The van der Waals surface area contributed by atoms with Gasteiger partial charge in [0, 0.05) is 12.5 Å². The number of nitrogens with one attached hydrogen (secondary N) is 1. The average molecular weight is 294 g/mol.